The number of benzene rings is 2. The van der Waals surface area contributed by atoms with Gasteiger partial charge < -0.3 is 0 Å². The molecule has 122 valence electrons. The number of aryl methyl sites for hydroxylation is 2. The quantitative estimate of drug-likeness (QED) is 0.745. The molecule has 2 aromatic rings. The summed E-state index contributed by atoms with van der Waals surface area (Å²) in [7, 11) is -3.49. The van der Waals surface area contributed by atoms with Gasteiger partial charge in [0.25, 0.3) is 0 Å². The minimum absolute atomic E-state index is 0.159. The Balaban J connectivity index is 1.99. The maximum Gasteiger partial charge on any atom is 0.244 e. The fraction of sp³-hybridized carbons (Fsp3) is 0.294. The van der Waals surface area contributed by atoms with Gasteiger partial charge >= 0.3 is 0 Å². The van der Waals surface area contributed by atoms with E-state index in [0.29, 0.717) is 11.4 Å². The summed E-state index contributed by atoms with van der Waals surface area (Å²) in [6.45, 7) is 4.37. The van der Waals surface area contributed by atoms with Crippen LogP contribution in [0, 0.1) is 13.8 Å². The van der Waals surface area contributed by atoms with Gasteiger partial charge in [0, 0.05) is 16.8 Å². The standard InChI is InChI=1S/C17H18BrNO2S2/c1-12-3-8-16(13(2)11-12)23(20,21)19-9-10-22-17(19)14-4-6-15(18)7-5-14/h3-8,11,17H,9-10H2,1-2H3/t17-/m0/s1. The van der Waals surface area contributed by atoms with Gasteiger partial charge in [-0.25, -0.2) is 8.42 Å². The molecule has 2 aromatic carbocycles. The highest BCUT2D eigenvalue weighted by Crippen LogP contribution is 2.42. The summed E-state index contributed by atoms with van der Waals surface area (Å²) < 4.78 is 28.9. The molecule has 6 heteroatoms. The predicted octanol–water partition coefficient (Wildman–Crippen LogP) is 4.50. The van der Waals surface area contributed by atoms with E-state index in [1.165, 1.54) is 0 Å². The van der Waals surface area contributed by atoms with Crippen molar-refractivity contribution in [2.75, 3.05) is 12.3 Å². The Morgan fingerprint density at radius 3 is 2.48 bits per heavy atom. The summed E-state index contributed by atoms with van der Waals surface area (Å²) in [5.74, 6) is 0.810. The van der Waals surface area contributed by atoms with Gasteiger partial charge in [-0.1, -0.05) is 45.8 Å². The Hall–Kier alpha value is -0.820. The van der Waals surface area contributed by atoms with Crippen LogP contribution in [0.1, 0.15) is 22.1 Å². The molecule has 0 aromatic heterocycles. The SMILES string of the molecule is Cc1ccc(S(=O)(=O)N2CCS[C@H]2c2ccc(Br)cc2)c(C)c1. The van der Waals surface area contributed by atoms with Gasteiger partial charge in [-0.2, -0.15) is 4.31 Å². The summed E-state index contributed by atoms with van der Waals surface area (Å²) in [6, 6.07) is 13.4. The molecule has 3 nitrogen and oxygen atoms in total. The van der Waals surface area contributed by atoms with Crippen LogP contribution in [-0.4, -0.2) is 25.0 Å². The van der Waals surface area contributed by atoms with Crippen LogP contribution < -0.4 is 0 Å². The molecule has 1 saturated heterocycles. The molecule has 0 saturated carbocycles. The van der Waals surface area contributed by atoms with Crippen LogP contribution in [0.2, 0.25) is 0 Å². The Morgan fingerprint density at radius 2 is 1.83 bits per heavy atom. The molecule has 1 fully saturated rings. The molecule has 23 heavy (non-hydrogen) atoms. The van der Waals surface area contributed by atoms with E-state index in [9.17, 15) is 8.42 Å². The van der Waals surface area contributed by atoms with E-state index < -0.39 is 10.0 Å². The molecule has 1 aliphatic heterocycles. The van der Waals surface area contributed by atoms with E-state index in [1.54, 1.807) is 22.1 Å². The van der Waals surface area contributed by atoms with E-state index in [2.05, 4.69) is 15.9 Å². The molecule has 0 unspecified atom stereocenters. The first-order chi connectivity index (χ1) is 10.9. The van der Waals surface area contributed by atoms with Crippen molar-refractivity contribution < 1.29 is 8.42 Å². The summed E-state index contributed by atoms with van der Waals surface area (Å²) in [5.41, 5.74) is 2.89. The molecule has 1 atom stereocenters. The average Bonchev–Trinajstić information content (AvgIpc) is 2.98. The van der Waals surface area contributed by atoms with Gasteiger partial charge in [-0.3, -0.25) is 0 Å². The lowest BCUT2D eigenvalue weighted by molar-refractivity contribution is 0.434. The number of hydrogen-bond acceptors (Lipinski definition) is 3. The number of hydrogen-bond donors (Lipinski definition) is 0. The van der Waals surface area contributed by atoms with Crippen molar-refractivity contribution in [1.82, 2.24) is 4.31 Å². The van der Waals surface area contributed by atoms with Gasteiger partial charge in [-0.15, -0.1) is 11.8 Å². The van der Waals surface area contributed by atoms with E-state index in [4.69, 9.17) is 0 Å². The summed E-state index contributed by atoms with van der Waals surface area (Å²) >= 11 is 5.09. The summed E-state index contributed by atoms with van der Waals surface area (Å²) in [4.78, 5) is 0.410. The van der Waals surface area contributed by atoms with Gasteiger partial charge in [-0.05, 0) is 43.2 Å². The zero-order valence-electron chi connectivity index (χ0n) is 13.0. The van der Waals surface area contributed by atoms with Crippen molar-refractivity contribution in [3.8, 4) is 0 Å². The number of halogens is 1. The first-order valence-corrected chi connectivity index (χ1v) is 10.6. The lowest BCUT2D eigenvalue weighted by atomic mass is 10.2. The van der Waals surface area contributed by atoms with Crippen LogP contribution in [0.3, 0.4) is 0 Å². The van der Waals surface area contributed by atoms with Crippen LogP contribution >= 0.6 is 27.7 Å². The molecular weight excluding hydrogens is 394 g/mol. The number of sulfonamides is 1. The summed E-state index contributed by atoms with van der Waals surface area (Å²) in [5, 5.41) is -0.159. The number of nitrogens with zero attached hydrogens (tertiary/aromatic N) is 1. The van der Waals surface area contributed by atoms with Crippen molar-refractivity contribution >= 4 is 37.7 Å². The predicted molar refractivity (Wildman–Crippen MR) is 99.1 cm³/mol. The zero-order chi connectivity index (χ0) is 16.6. The molecule has 1 aliphatic rings. The van der Waals surface area contributed by atoms with Crippen LogP contribution in [0.15, 0.2) is 51.8 Å². The number of thioether (sulfide) groups is 1. The maximum atomic E-state index is 13.1. The second kappa shape index (κ2) is 6.59. The fourth-order valence-corrected chi connectivity index (χ4v) is 6.52. The normalized spacial score (nSPS) is 19.2. The van der Waals surface area contributed by atoms with E-state index in [-0.39, 0.29) is 5.37 Å². The zero-order valence-corrected chi connectivity index (χ0v) is 16.2. The van der Waals surface area contributed by atoms with Crippen LogP contribution in [0.5, 0.6) is 0 Å². The van der Waals surface area contributed by atoms with E-state index in [1.807, 2.05) is 50.2 Å². The van der Waals surface area contributed by atoms with Crippen LogP contribution in [0.25, 0.3) is 0 Å². The van der Waals surface area contributed by atoms with Gasteiger partial charge in [0.1, 0.15) is 0 Å². The monoisotopic (exact) mass is 411 g/mol. The van der Waals surface area contributed by atoms with Gasteiger partial charge in [0.2, 0.25) is 10.0 Å². The smallest absolute Gasteiger partial charge is 0.207 e. The first-order valence-electron chi connectivity index (χ1n) is 7.36. The Bertz CT molecular complexity index is 819. The molecule has 1 heterocycles. The van der Waals surface area contributed by atoms with Crippen molar-refractivity contribution in [2.24, 2.45) is 0 Å². The highest BCUT2D eigenvalue weighted by Gasteiger charge is 2.37. The van der Waals surface area contributed by atoms with E-state index >= 15 is 0 Å². The highest BCUT2D eigenvalue weighted by molar-refractivity contribution is 9.10. The highest BCUT2D eigenvalue weighted by atomic mass is 79.9. The number of rotatable bonds is 3. The molecule has 0 radical (unpaired) electrons. The molecule has 3 rings (SSSR count). The third kappa shape index (κ3) is 3.36. The minimum atomic E-state index is -3.49. The third-order valence-electron chi connectivity index (χ3n) is 3.92. The lowest BCUT2D eigenvalue weighted by Crippen LogP contribution is -2.31. The van der Waals surface area contributed by atoms with Crippen molar-refractivity contribution in [2.45, 2.75) is 24.1 Å². The molecule has 0 spiro atoms. The lowest BCUT2D eigenvalue weighted by Gasteiger charge is -2.24. The van der Waals surface area contributed by atoms with Crippen molar-refractivity contribution in [3.05, 3.63) is 63.6 Å². The molecule has 0 bridgehead atoms. The molecule has 0 amide bonds. The topological polar surface area (TPSA) is 37.4 Å². The van der Waals surface area contributed by atoms with Crippen LogP contribution in [-0.2, 0) is 10.0 Å². The summed E-state index contributed by atoms with van der Waals surface area (Å²) in [6.07, 6.45) is 0. The maximum absolute atomic E-state index is 13.1. The van der Waals surface area contributed by atoms with Crippen molar-refractivity contribution in [3.63, 3.8) is 0 Å². The van der Waals surface area contributed by atoms with Crippen molar-refractivity contribution in [1.29, 1.82) is 0 Å². The molecular formula is C17H18BrNO2S2. The minimum Gasteiger partial charge on any atom is -0.207 e. The Labute approximate surface area is 150 Å². The largest absolute Gasteiger partial charge is 0.244 e. The second-order valence-corrected chi connectivity index (χ2v) is 9.62. The third-order valence-corrected chi connectivity index (χ3v) is 7.87. The first kappa shape index (κ1) is 17.0. The second-order valence-electron chi connectivity index (χ2n) is 5.66. The average molecular weight is 412 g/mol. The Kier molecular flexibility index (Phi) is 4.88. The van der Waals surface area contributed by atoms with E-state index in [0.717, 1.165) is 26.9 Å². The van der Waals surface area contributed by atoms with Crippen LogP contribution in [0.4, 0.5) is 0 Å². The Morgan fingerprint density at radius 1 is 1.13 bits per heavy atom. The van der Waals surface area contributed by atoms with Gasteiger partial charge in [0.15, 0.2) is 0 Å². The molecule has 0 N–H and O–H groups in total. The van der Waals surface area contributed by atoms with Gasteiger partial charge in [0.05, 0.1) is 10.3 Å². The fourth-order valence-electron chi connectivity index (χ4n) is 2.81. The molecule has 0 aliphatic carbocycles.